The van der Waals surface area contributed by atoms with Crippen molar-refractivity contribution in [1.82, 2.24) is 0 Å². The zero-order valence-electron chi connectivity index (χ0n) is 16.1. The van der Waals surface area contributed by atoms with Gasteiger partial charge in [0.2, 0.25) is 0 Å². The highest BCUT2D eigenvalue weighted by molar-refractivity contribution is 6.30. The minimum atomic E-state index is 0.344. The molecular formula is C23H27ClN2. The average Bonchev–Trinajstić information content (AvgIpc) is 2.62. The van der Waals surface area contributed by atoms with Crippen molar-refractivity contribution < 1.29 is 0 Å². The van der Waals surface area contributed by atoms with Crippen LogP contribution in [0, 0.1) is 24.2 Å². The number of benzene rings is 2. The maximum absolute atomic E-state index is 9.70. The van der Waals surface area contributed by atoms with Crippen molar-refractivity contribution in [2.24, 2.45) is 5.92 Å². The molecule has 0 aromatic heterocycles. The Labute approximate surface area is 162 Å². The van der Waals surface area contributed by atoms with Gasteiger partial charge in [-0.15, -0.1) is 0 Å². The van der Waals surface area contributed by atoms with Crippen molar-refractivity contribution in [2.75, 3.05) is 18.0 Å². The maximum Gasteiger partial charge on any atom is 0.0995 e. The van der Waals surface area contributed by atoms with Crippen LogP contribution in [0.15, 0.2) is 30.3 Å². The number of piperidine rings is 1. The Hall–Kier alpha value is -1.98. The molecule has 2 aromatic carbocycles. The van der Waals surface area contributed by atoms with E-state index in [0.717, 1.165) is 35.2 Å². The molecule has 0 atom stereocenters. The maximum atomic E-state index is 9.70. The Morgan fingerprint density at radius 3 is 2.31 bits per heavy atom. The molecule has 0 spiro atoms. The summed E-state index contributed by atoms with van der Waals surface area (Å²) in [6.45, 7) is 10.9. The highest BCUT2D eigenvalue weighted by Gasteiger charge is 2.24. The SMILES string of the molecule is Cc1c(C#N)cc(N2CCC(C)CC2)c(-c2ccc(Cl)cc2)c1C(C)C. The first-order valence-corrected chi connectivity index (χ1v) is 9.88. The second-order valence-corrected chi connectivity index (χ2v) is 8.24. The Morgan fingerprint density at radius 1 is 1.15 bits per heavy atom. The van der Waals surface area contributed by atoms with E-state index in [-0.39, 0.29) is 0 Å². The Balaban J connectivity index is 2.25. The first kappa shape index (κ1) is 18.8. The Bertz CT molecular complexity index is 823. The first-order valence-electron chi connectivity index (χ1n) is 9.50. The summed E-state index contributed by atoms with van der Waals surface area (Å²) in [4.78, 5) is 2.47. The molecule has 1 heterocycles. The van der Waals surface area contributed by atoms with Gasteiger partial charge in [-0.25, -0.2) is 0 Å². The van der Waals surface area contributed by atoms with E-state index in [4.69, 9.17) is 11.6 Å². The lowest BCUT2D eigenvalue weighted by Crippen LogP contribution is -2.33. The molecule has 0 unspecified atom stereocenters. The minimum Gasteiger partial charge on any atom is -0.371 e. The van der Waals surface area contributed by atoms with Crippen molar-refractivity contribution in [3.8, 4) is 17.2 Å². The summed E-state index contributed by atoms with van der Waals surface area (Å²) in [6, 6.07) is 12.6. The number of anilines is 1. The van der Waals surface area contributed by atoms with Gasteiger partial charge in [0.25, 0.3) is 0 Å². The fourth-order valence-electron chi connectivity index (χ4n) is 4.04. The number of nitrogens with zero attached hydrogens (tertiary/aromatic N) is 2. The lowest BCUT2D eigenvalue weighted by Gasteiger charge is -2.35. The Kier molecular flexibility index (Phi) is 5.58. The molecule has 2 aromatic rings. The number of rotatable bonds is 3. The molecule has 1 aliphatic heterocycles. The summed E-state index contributed by atoms with van der Waals surface area (Å²) in [5, 5.41) is 10.5. The van der Waals surface area contributed by atoms with Crippen LogP contribution in [0.1, 0.15) is 56.2 Å². The minimum absolute atomic E-state index is 0.344. The molecule has 1 saturated heterocycles. The van der Waals surface area contributed by atoms with Gasteiger partial charge in [0.15, 0.2) is 0 Å². The molecule has 0 radical (unpaired) electrons. The molecule has 0 amide bonds. The third kappa shape index (κ3) is 3.60. The molecule has 0 bridgehead atoms. The van der Waals surface area contributed by atoms with Crippen LogP contribution in [0.3, 0.4) is 0 Å². The zero-order chi connectivity index (χ0) is 18.8. The van der Waals surface area contributed by atoms with E-state index in [1.165, 1.54) is 35.2 Å². The van der Waals surface area contributed by atoms with Gasteiger partial charge < -0.3 is 4.90 Å². The molecule has 1 fully saturated rings. The molecule has 136 valence electrons. The molecule has 1 aliphatic rings. The summed E-state index contributed by atoms with van der Waals surface area (Å²) < 4.78 is 0. The van der Waals surface area contributed by atoms with Crippen molar-refractivity contribution in [3.63, 3.8) is 0 Å². The smallest absolute Gasteiger partial charge is 0.0995 e. The van der Waals surface area contributed by atoms with E-state index in [0.29, 0.717) is 5.92 Å². The Morgan fingerprint density at radius 2 is 1.77 bits per heavy atom. The third-order valence-corrected chi connectivity index (χ3v) is 5.82. The van der Waals surface area contributed by atoms with Gasteiger partial charge in [-0.05, 0) is 66.5 Å². The fraction of sp³-hybridized carbons (Fsp3) is 0.435. The van der Waals surface area contributed by atoms with E-state index in [1.807, 2.05) is 12.1 Å². The highest BCUT2D eigenvalue weighted by Crippen LogP contribution is 2.42. The predicted molar refractivity (Wildman–Crippen MR) is 111 cm³/mol. The van der Waals surface area contributed by atoms with Gasteiger partial charge in [-0.2, -0.15) is 5.26 Å². The van der Waals surface area contributed by atoms with Gasteiger partial charge in [0, 0.05) is 29.4 Å². The molecule has 0 N–H and O–H groups in total. The van der Waals surface area contributed by atoms with Crippen LogP contribution in [0.4, 0.5) is 5.69 Å². The molecule has 3 heteroatoms. The summed E-state index contributed by atoms with van der Waals surface area (Å²) in [7, 11) is 0. The normalized spacial score (nSPS) is 15.3. The third-order valence-electron chi connectivity index (χ3n) is 5.57. The average molecular weight is 367 g/mol. The molecule has 3 rings (SSSR count). The van der Waals surface area contributed by atoms with E-state index in [1.54, 1.807) is 0 Å². The fourth-order valence-corrected chi connectivity index (χ4v) is 4.17. The quantitative estimate of drug-likeness (QED) is 0.616. The molecule has 0 saturated carbocycles. The summed E-state index contributed by atoms with van der Waals surface area (Å²) in [5.41, 5.74) is 6.81. The van der Waals surface area contributed by atoms with Gasteiger partial charge in [0.05, 0.1) is 11.6 Å². The lowest BCUT2D eigenvalue weighted by atomic mass is 9.84. The van der Waals surface area contributed by atoms with Crippen LogP contribution in [-0.4, -0.2) is 13.1 Å². The molecule has 0 aliphatic carbocycles. The van der Waals surface area contributed by atoms with Crippen molar-refractivity contribution in [1.29, 1.82) is 5.26 Å². The second-order valence-electron chi connectivity index (χ2n) is 7.80. The van der Waals surface area contributed by atoms with Crippen LogP contribution >= 0.6 is 11.6 Å². The van der Waals surface area contributed by atoms with Crippen LogP contribution in [0.25, 0.3) is 11.1 Å². The number of hydrogen-bond acceptors (Lipinski definition) is 2. The van der Waals surface area contributed by atoms with Crippen molar-refractivity contribution in [2.45, 2.75) is 46.5 Å². The van der Waals surface area contributed by atoms with Gasteiger partial charge >= 0.3 is 0 Å². The van der Waals surface area contributed by atoms with Crippen LogP contribution < -0.4 is 4.90 Å². The van der Waals surface area contributed by atoms with Crippen LogP contribution in [0.5, 0.6) is 0 Å². The standard InChI is InChI=1S/C23H27ClN2/c1-15(2)22-17(4)19(14-25)13-21(26-11-9-16(3)10-12-26)23(22)18-5-7-20(24)8-6-18/h5-8,13,15-16H,9-12H2,1-4H3. The lowest BCUT2D eigenvalue weighted by molar-refractivity contribution is 0.438. The van der Waals surface area contributed by atoms with Crippen LogP contribution in [0.2, 0.25) is 5.02 Å². The molecular weight excluding hydrogens is 340 g/mol. The zero-order valence-corrected chi connectivity index (χ0v) is 16.9. The van der Waals surface area contributed by atoms with Crippen molar-refractivity contribution in [3.05, 3.63) is 52.0 Å². The van der Waals surface area contributed by atoms with E-state index < -0.39 is 0 Å². The molecule has 2 nitrogen and oxygen atoms in total. The largest absolute Gasteiger partial charge is 0.371 e. The van der Waals surface area contributed by atoms with Gasteiger partial charge in [-0.1, -0.05) is 44.5 Å². The van der Waals surface area contributed by atoms with E-state index >= 15 is 0 Å². The van der Waals surface area contributed by atoms with Crippen LogP contribution in [-0.2, 0) is 0 Å². The first-order chi connectivity index (χ1) is 12.4. The topological polar surface area (TPSA) is 27.0 Å². The van der Waals surface area contributed by atoms with Gasteiger partial charge in [0.1, 0.15) is 0 Å². The predicted octanol–water partition coefficient (Wildman–Crippen LogP) is 6.55. The van der Waals surface area contributed by atoms with Gasteiger partial charge in [-0.3, -0.25) is 0 Å². The number of halogens is 1. The molecule has 26 heavy (non-hydrogen) atoms. The van der Waals surface area contributed by atoms with E-state index in [2.05, 4.69) is 56.9 Å². The van der Waals surface area contributed by atoms with Crippen molar-refractivity contribution >= 4 is 17.3 Å². The second kappa shape index (κ2) is 7.72. The number of nitriles is 1. The highest BCUT2D eigenvalue weighted by atomic mass is 35.5. The van der Waals surface area contributed by atoms with E-state index in [9.17, 15) is 5.26 Å². The summed E-state index contributed by atoms with van der Waals surface area (Å²) >= 11 is 6.13. The summed E-state index contributed by atoms with van der Waals surface area (Å²) in [6.07, 6.45) is 2.40. The number of hydrogen-bond donors (Lipinski definition) is 0. The monoisotopic (exact) mass is 366 g/mol. The summed E-state index contributed by atoms with van der Waals surface area (Å²) in [5.74, 6) is 1.12.